The number of amides is 1. The summed E-state index contributed by atoms with van der Waals surface area (Å²) in [5.41, 5.74) is 3.78. The molecule has 156 valence electrons. The highest BCUT2D eigenvalue weighted by molar-refractivity contribution is 7.92. The van der Waals surface area contributed by atoms with Gasteiger partial charge >= 0.3 is 0 Å². The van der Waals surface area contributed by atoms with Crippen LogP contribution in [0, 0.1) is 13.8 Å². The van der Waals surface area contributed by atoms with Crippen LogP contribution in [0.3, 0.4) is 0 Å². The van der Waals surface area contributed by atoms with Crippen LogP contribution in [0.1, 0.15) is 16.7 Å². The quantitative estimate of drug-likeness (QED) is 0.500. The molecule has 3 aromatic carbocycles. The Kier molecular flexibility index (Phi) is 6.71. The van der Waals surface area contributed by atoms with E-state index in [1.807, 2.05) is 32.0 Å². The average Bonchev–Trinajstić information content (AvgIpc) is 2.68. The van der Waals surface area contributed by atoms with Gasteiger partial charge in [-0.1, -0.05) is 53.0 Å². The molecule has 0 saturated carbocycles. The number of hydrogen-bond donors (Lipinski definition) is 2. The number of nitrogens with one attached hydrogen (secondary N) is 2. The van der Waals surface area contributed by atoms with Crippen LogP contribution < -0.4 is 10.0 Å². The normalized spacial score (nSPS) is 11.2. The number of carbonyl (C=O) groups excluding carboxylic acids is 1. The van der Waals surface area contributed by atoms with Gasteiger partial charge in [-0.2, -0.15) is 0 Å². The monoisotopic (exact) mass is 462 g/mol. The lowest BCUT2D eigenvalue weighted by Gasteiger charge is -2.11. The zero-order valence-corrected chi connectivity index (χ0v) is 18.7. The first-order chi connectivity index (χ1) is 14.2. The van der Waals surface area contributed by atoms with E-state index in [2.05, 4.69) is 10.0 Å². The lowest BCUT2D eigenvalue weighted by molar-refractivity contribution is -0.115. The third-order valence-corrected chi connectivity index (χ3v) is 6.70. The average molecular weight is 463 g/mol. The Hall–Kier alpha value is -2.54. The molecule has 0 atom stereocenters. The molecule has 8 heteroatoms. The van der Waals surface area contributed by atoms with Crippen molar-refractivity contribution in [2.24, 2.45) is 0 Å². The van der Waals surface area contributed by atoms with Gasteiger partial charge in [0.25, 0.3) is 10.0 Å². The molecule has 0 bridgehead atoms. The van der Waals surface area contributed by atoms with E-state index in [0.29, 0.717) is 5.69 Å². The summed E-state index contributed by atoms with van der Waals surface area (Å²) in [6.45, 7) is 3.94. The Morgan fingerprint density at radius 2 is 1.67 bits per heavy atom. The van der Waals surface area contributed by atoms with Gasteiger partial charge in [-0.15, -0.1) is 0 Å². The Balaban J connectivity index is 1.70. The number of halogens is 2. The summed E-state index contributed by atoms with van der Waals surface area (Å²) in [4.78, 5) is 12.4. The summed E-state index contributed by atoms with van der Waals surface area (Å²) in [6, 6.07) is 16.5. The zero-order valence-electron chi connectivity index (χ0n) is 16.4. The van der Waals surface area contributed by atoms with E-state index in [-0.39, 0.29) is 33.0 Å². The third-order valence-electron chi connectivity index (χ3n) is 4.50. The second kappa shape index (κ2) is 9.08. The van der Waals surface area contributed by atoms with Crippen molar-refractivity contribution >= 4 is 50.5 Å². The molecule has 0 aliphatic carbocycles. The topological polar surface area (TPSA) is 75.3 Å². The first-order valence-corrected chi connectivity index (χ1v) is 11.3. The van der Waals surface area contributed by atoms with Crippen molar-refractivity contribution in [2.75, 3.05) is 10.0 Å². The van der Waals surface area contributed by atoms with E-state index < -0.39 is 10.0 Å². The third kappa shape index (κ3) is 5.33. The molecular weight excluding hydrogens is 443 g/mol. The first kappa shape index (κ1) is 22.2. The molecule has 0 unspecified atom stereocenters. The number of sulfonamides is 1. The van der Waals surface area contributed by atoms with E-state index in [0.717, 1.165) is 16.7 Å². The number of rotatable bonds is 6. The first-order valence-electron chi connectivity index (χ1n) is 9.08. The maximum atomic E-state index is 12.6. The van der Waals surface area contributed by atoms with Crippen LogP contribution in [-0.2, 0) is 21.2 Å². The highest BCUT2D eigenvalue weighted by Crippen LogP contribution is 2.31. The molecule has 3 rings (SSSR count). The Morgan fingerprint density at radius 3 is 2.37 bits per heavy atom. The molecule has 0 saturated heterocycles. The molecule has 0 aromatic heterocycles. The predicted octanol–water partition coefficient (Wildman–Crippen LogP) is 5.59. The van der Waals surface area contributed by atoms with Crippen LogP contribution in [0.4, 0.5) is 11.4 Å². The second-order valence-corrected chi connectivity index (χ2v) is 9.35. The van der Waals surface area contributed by atoms with Gasteiger partial charge in [0.1, 0.15) is 0 Å². The van der Waals surface area contributed by atoms with Gasteiger partial charge in [0.2, 0.25) is 5.91 Å². The van der Waals surface area contributed by atoms with Crippen molar-refractivity contribution in [3.8, 4) is 0 Å². The number of hydrogen-bond acceptors (Lipinski definition) is 3. The molecule has 0 fully saturated rings. The molecular formula is C22H20Cl2N2O3S. The largest absolute Gasteiger partial charge is 0.326 e. The fraction of sp³-hybridized carbons (Fsp3) is 0.136. The maximum Gasteiger partial charge on any atom is 0.261 e. The van der Waals surface area contributed by atoms with E-state index in [9.17, 15) is 13.2 Å². The molecule has 3 aromatic rings. The fourth-order valence-electron chi connectivity index (χ4n) is 2.87. The molecule has 0 aliphatic heterocycles. The standard InChI is InChI=1S/C22H20Cl2N2O3S/c1-14-6-7-15(2)16(12-14)13-21(27)25-17-8-10-18(11-9-17)30(28,29)26-20-5-3-4-19(23)22(20)24/h3-12,26H,13H2,1-2H3,(H,25,27). The van der Waals surface area contributed by atoms with Crippen LogP contribution in [0.25, 0.3) is 0 Å². The fourth-order valence-corrected chi connectivity index (χ4v) is 4.35. The van der Waals surface area contributed by atoms with E-state index in [1.165, 1.54) is 30.3 Å². The maximum absolute atomic E-state index is 12.6. The smallest absolute Gasteiger partial charge is 0.261 e. The van der Waals surface area contributed by atoms with Crippen LogP contribution in [0.5, 0.6) is 0 Å². The summed E-state index contributed by atoms with van der Waals surface area (Å²) < 4.78 is 27.6. The Bertz CT molecular complexity index is 1190. The summed E-state index contributed by atoms with van der Waals surface area (Å²) in [5.74, 6) is -0.178. The van der Waals surface area contributed by atoms with Gasteiger partial charge in [0.05, 0.1) is 27.0 Å². The second-order valence-electron chi connectivity index (χ2n) is 6.89. The number of benzene rings is 3. The summed E-state index contributed by atoms with van der Waals surface area (Å²) >= 11 is 12.0. The highest BCUT2D eigenvalue weighted by Gasteiger charge is 2.17. The Labute approximate surface area is 186 Å². The van der Waals surface area contributed by atoms with Crippen molar-refractivity contribution in [1.82, 2.24) is 0 Å². The van der Waals surface area contributed by atoms with Gasteiger partial charge in [-0.3, -0.25) is 9.52 Å². The number of anilines is 2. The minimum absolute atomic E-state index is 0.0334. The lowest BCUT2D eigenvalue weighted by atomic mass is 10.0. The predicted molar refractivity (Wildman–Crippen MR) is 122 cm³/mol. The van der Waals surface area contributed by atoms with Gasteiger partial charge in [-0.25, -0.2) is 8.42 Å². The molecule has 0 heterocycles. The van der Waals surface area contributed by atoms with Crippen LogP contribution in [-0.4, -0.2) is 14.3 Å². The van der Waals surface area contributed by atoms with Gasteiger partial charge in [-0.05, 0) is 61.4 Å². The van der Waals surface area contributed by atoms with Gasteiger partial charge in [0, 0.05) is 5.69 Å². The molecule has 0 radical (unpaired) electrons. The lowest BCUT2D eigenvalue weighted by Crippen LogP contribution is -2.16. The minimum Gasteiger partial charge on any atom is -0.326 e. The van der Waals surface area contributed by atoms with E-state index in [1.54, 1.807) is 12.1 Å². The molecule has 1 amide bonds. The van der Waals surface area contributed by atoms with Gasteiger partial charge in [0.15, 0.2) is 0 Å². The molecule has 0 spiro atoms. The molecule has 5 nitrogen and oxygen atoms in total. The summed E-state index contributed by atoms with van der Waals surface area (Å²) in [6.07, 6.45) is 0.238. The van der Waals surface area contributed by atoms with E-state index in [4.69, 9.17) is 23.2 Å². The van der Waals surface area contributed by atoms with Crippen LogP contribution in [0.15, 0.2) is 65.6 Å². The number of aryl methyl sites for hydroxylation is 2. The van der Waals surface area contributed by atoms with Crippen molar-refractivity contribution in [3.05, 3.63) is 87.4 Å². The van der Waals surface area contributed by atoms with E-state index >= 15 is 0 Å². The zero-order chi connectivity index (χ0) is 21.9. The molecule has 30 heavy (non-hydrogen) atoms. The van der Waals surface area contributed by atoms with Crippen molar-refractivity contribution in [1.29, 1.82) is 0 Å². The van der Waals surface area contributed by atoms with Crippen molar-refractivity contribution in [3.63, 3.8) is 0 Å². The van der Waals surface area contributed by atoms with Gasteiger partial charge < -0.3 is 5.32 Å². The van der Waals surface area contributed by atoms with Crippen molar-refractivity contribution in [2.45, 2.75) is 25.2 Å². The van der Waals surface area contributed by atoms with Crippen LogP contribution in [0.2, 0.25) is 10.0 Å². The minimum atomic E-state index is -3.86. The Morgan fingerprint density at radius 1 is 0.967 bits per heavy atom. The highest BCUT2D eigenvalue weighted by atomic mass is 35.5. The summed E-state index contributed by atoms with van der Waals surface area (Å²) in [7, 11) is -3.86. The van der Waals surface area contributed by atoms with Crippen LogP contribution >= 0.6 is 23.2 Å². The SMILES string of the molecule is Cc1ccc(C)c(CC(=O)Nc2ccc(S(=O)(=O)Nc3cccc(Cl)c3Cl)cc2)c1. The summed E-state index contributed by atoms with van der Waals surface area (Å²) in [5, 5.41) is 3.16. The molecule has 2 N–H and O–H groups in total. The molecule has 0 aliphatic rings. The number of carbonyl (C=O) groups is 1. The van der Waals surface area contributed by atoms with Crippen molar-refractivity contribution < 1.29 is 13.2 Å².